The van der Waals surface area contributed by atoms with Crippen molar-refractivity contribution in [2.75, 3.05) is 12.4 Å². The fraction of sp³-hybridized carbons (Fsp3) is 0.235. The Morgan fingerprint density at radius 2 is 1.86 bits per heavy atom. The van der Waals surface area contributed by atoms with Crippen LogP contribution in [-0.4, -0.2) is 12.1 Å². The largest absolute Gasteiger partial charge is 0.441 e. The van der Waals surface area contributed by atoms with Crippen LogP contribution in [0.4, 0.5) is 5.69 Å². The van der Waals surface area contributed by atoms with Crippen LogP contribution in [0.2, 0.25) is 0 Å². The number of fused-ring (bicyclic) bond motifs is 1. The van der Waals surface area contributed by atoms with Gasteiger partial charge in [0.25, 0.3) is 0 Å². The summed E-state index contributed by atoms with van der Waals surface area (Å²) in [5, 5.41) is 3.40. The van der Waals surface area contributed by atoms with Gasteiger partial charge in [0.05, 0.1) is 6.61 Å². The highest BCUT2D eigenvalue weighted by molar-refractivity contribution is 5.77. The predicted molar refractivity (Wildman–Crippen MR) is 83.2 cm³/mol. The lowest BCUT2D eigenvalue weighted by Crippen LogP contribution is -1.99. The van der Waals surface area contributed by atoms with Crippen LogP contribution in [0.3, 0.4) is 0 Å². The first-order valence-corrected chi connectivity index (χ1v) is 6.92. The van der Waals surface area contributed by atoms with Gasteiger partial charge in [-0.2, -0.15) is 0 Å². The van der Waals surface area contributed by atoms with Gasteiger partial charge in [-0.25, -0.2) is 4.98 Å². The van der Waals surface area contributed by atoms with Crippen LogP contribution in [0, 0.1) is 6.92 Å². The van der Waals surface area contributed by atoms with Crippen LogP contribution < -0.4 is 5.32 Å². The highest BCUT2D eigenvalue weighted by Gasteiger charge is 2.03. The van der Waals surface area contributed by atoms with Gasteiger partial charge in [0.2, 0.25) is 0 Å². The molecule has 0 radical (unpaired) electrons. The molecule has 21 heavy (non-hydrogen) atoms. The molecule has 4 nitrogen and oxygen atoms in total. The molecule has 0 amide bonds. The Bertz CT molecular complexity index is 732. The summed E-state index contributed by atoms with van der Waals surface area (Å²) < 4.78 is 10.6. The average molecular weight is 282 g/mol. The summed E-state index contributed by atoms with van der Waals surface area (Å²) in [7, 11) is 1.71. The van der Waals surface area contributed by atoms with E-state index >= 15 is 0 Å². The summed E-state index contributed by atoms with van der Waals surface area (Å²) in [5.41, 5.74) is 5.15. The predicted octanol–water partition coefficient (Wildman–Crippen LogP) is 3.89. The number of ether oxygens (including phenoxy) is 1. The van der Waals surface area contributed by atoms with E-state index in [0.717, 1.165) is 23.3 Å². The van der Waals surface area contributed by atoms with Crippen LogP contribution in [0.5, 0.6) is 0 Å². The third-order valence-electron chi connectivity index (χ3n) is 3.33. The van der Waals surface area contributed by atoms with Crippen molar-refractivity contribution >= 4 is 16.8 Å². The van der Waals surface area contributed by atoms with E-state index in [2.05, 4.69) is 34.6 Å². The van der Waals surface area contributed by atoms with Crippen LogP contribution >= 0.6 is 0 Å². The third kappa shape index (κ3) is 3.23. The Hall–Kier alpha value is -2.33. The maximum atomic E-state index is 5.47. The van der Waals surface area contributed by atoms with E-state index < -0.39 is 0 Å². The number of benzene rings is 2. The molecule has 0 saturated carbocycles. The lowest BCUT2D eigenvalue weighted by molar-refractivity contribution is 0.185. The summed E-state index contributed by atoms with van der Waals surface area (Å²) in [6.07, 6.45) is 0. The molecule has 0 spiro atoms. The van der Waals surface area contributed by atoms with Crippen molar-refractivity contribution in [2.24, 2.45) is 0 Å². The van der Waals surface area contributed by atoms with Crippen LogP contribution in [0.15, 0.2) is 46.9 Å². The molecule has 1 aromatic heterocycles. The van der Waals surface area contributed by atoms with Crippen molar-refractivity contribution in [3.05, 3.63) is 59.5 Å². The van der Waals surface area contributed by atoms with Gasteiger partial charge in [-0.1, -0.05) is 24.3 Å². The summed E-state index contributed by atoms with van der Waals surface area (Å²) in [6.45, 7) is 3.28. The van der Waals surface area contributed by atoms with Gasteiger partial charge in [0.15, 0.2) is 11.5 Å². The normalized spacial score (nSPS) is 11.0. The zero-order valence-electron chi connectivity index (χ0n) is 12.2. The number of oxazole rings is 1. The molecule has 0 aliphatic heterocycles. The first-order chi connectivity index (χ1) is 10.2. The van der Waals surface area contributed by atoms with Crippen LogP contribution in [0.25, 0.3) is 11.1 Å². The van der Waals surface area contributed by atoms with Crippen molar-refractivity contribution in [1.29, 1.82) is 0 Å². The Balaban J connectivity index is 1.67. The molecule has 108 valence electrons. The van der Waals surface area contributed by atoms with E-state index in [0.29, 0.717) is 12.5 Å². The number of aromatic nitrogens is 1. The topological polar surface area (TPSA) is 47.3 Å². The second-order valence-electron chi connectivity index (χ2n) is 5.02. The molecular formula is C17H18N2O2. The number of hydrogen-bond donors (Lipinski definition) is 1. The van der Waals surface area contributed by atoms with Crippen molar-refractivity contribution in [2.45, 2.75) is 20.1 Å². The molecule has 0 fully saturated rings. The summed E-state index contributed by atoms with van der Waals surface area (Å²) in [6, 6.07) is 14.4. The zero-order valence-corrected chi connectivity index (χ0v) is 12.2. The summed E-state index contributed by atoms with van der Waals surface area (Å²) >= 11 is 0. The average Bonchev–Trinajstić information content (AvgIpc) is 2.86. The molecule has 1 N–H and O–H groups in total. The number of rotatable bonds is 5. The van der Waals surface area contributed by atoms with Gasteiger partial charge in [-0.05, 0) is 29.3 Å². The quantitative estimate of drug-likeness (QED) is 0.771. The minimum atomic E-state index is 0.649. The number of hydrogen-bond acceptors (Lipinski definition) is 4. The molecule has 0 atom stereocenters. The first-order valence-electron chi connectivity index (χ1n) is 6.92. The van der Waals surface area contributed by atoms with E-state index in [9.17, 15) is 0 Å². The molecule has 2 aromatic carbocycles. The van der Waals surface area contributed by atoms with E-state index in [-0.39, 0.29) is 0 Å². The molecule has 0 aliphatic carbocycles. The Morgan fingerprint density at radius 1 is 1.10 bits per heavy atom. The molecule has 0 aliphatic rings. The minimum absolute atomic E-state index is 0.649. The van der Waals surface area contributed by atoms with Crippen molar-refractivity contribution in [3.63, 3.8) is 0 Å². The second kappa shape index (κ2) is 5.97. The molecule has 0 saturated heterocycles. The van der Waals surface area contributed by atoms with Gasteiger partial charge >= 0.3 is 0 Å². The van der Waals surface area contributed by atoms with Crippen molar-refractivity contribution in [1.82, 2.24) is 4.98 Å². The molecule has 4 heteroatoms. The van der Waals surface area contributed by atoms with E-state index in [1.165, 1.54) is 11.1 Å². The highest BCUT2D eigenvalue weighted by atomic mass is 16.5. The van der Waals surface area contributed by atoms with E-state index in [1.807, 2.05) is 25.1 Å². The van der Waals surface area contributed by atoms with E-state index in [4.69, 9.17) is 9.15 Å². The summed E-state index contributed by atoms with van der Waals surface area (Å²) in [5.74, 6) is 0.691. The smallest absolute Gasteiger partial charge is 0.192 e. The summed E-state index contributed by atoms with van der Waals surface area (Å²) in [4.78, 5) is 4.34. The van der Waals surface area contributed by atoms with Crippen LogP contribution in [0.1, 0.15) is 17.0 Å². The molecular weight excluding hydrogens is 264 g/mol. The van der Waals surface area contributed by atoms with Gasteiger partial charge in [0, 0.05) is 26.3 Å². The lowest BCUT2D eigenvalue weighted by atomic mass is 10.1. The zero-order chi connectivity index (χ0) is 14.7. The fourth-order valence-electron chi connectivity index (χ4n) is 2.28. The monoisotopic (exact) mass is 282 g/mol. The van der Waals surface area contributed by atoms with Gasteiger partial charge in [-0.3, -0.25) is 0 Å². The van der Waals surface area contributed by atoms with Gasteiger partial charge < -0.3 is 14.5 Å². The maximum Gasteiger partial charge on any atom is 0.192 e. The molecule has 1 heterocycles. The van der Waals surface area contributed by atoms with Crippen molar-refractivity contribution < 1.29 is 9.15 Å². The number of nitrogens with zero attached hydrogens (tertiary/aromatic N) is 1. The maximum absolute atomic E-state index is 5.47. The number of anilines is 1. The molecule has 3 rings (SSSR count). The molecule has 3 aromatic rings. The Morgan fingerprint density at radius 3 is 2.62 bits per heavy atom. The van der Waals surface area contributed by atoms with Crippen LogP contribution in [-0.2, 0) is 17.9 Å². The third-order valence-corrected chi connectivity index (χ3v) is 3.33. The number of methoxy groups -OCH3 is 1. The lowest BCUT2D eigenvalue weighted by Gasteiger charge is -2.07. The van der Waals surface area contributed by atoms with Gasteiger partial charge in [0.1, 0.15) is 5.52 Å². The second-order valence-corrected chi connectivity index (χ2v) is 5.02. The molecule has 0 unspecified atom stereocenters. The highest BCUT2D eigenvalue weighted by Crippen LogP contribution is 2.20. The number of aryl methyl sites for hydroxylation is 1. The standard InChI is InChI=1S/C17H18N2O2/c1-12-19-16-9-15(7-8-17(16)21-12)18-10-13-3-5-14(6-4-13)11-20-2/h3-9,18H,10-11H2,1-2H3. The Labute approximate surface area is 123 Å². The molecule has 0 bridgehead atoms. The van der Waals surface area contributed by atoms with Gasteiger partial charge in [-0.15, -0.1) is 0 Å². The number of nitrogens with one attached hydrogen (secondary N) is 1. The first kappa shape index (κ1) is 13.6. The fourth-order valence-corrected chi connectivity index (χ4v) is 2.28. The SMILES string of the molecule is COCc1ccc(CNc2ccc3oc(C)nc3c2)cc1. The van der Waals surface area contributed by atoms with E-state index in [1.54, 1.807) is 7.11 Å². The minimum Gasteiger partial charge on any atom is -0.441 e. The Kier molecular flexibility index (Phi) is 3.88. The van der Waals surface area contributed by atoms with Crippen molar-refractivity contribution in [3.8, 4) is 0 Å².